The Balaban J connectivity index is 2.74. The second kappa shape index (κ2) is 7.96. The van der Waals surface area contributed by atoms with Crippen molar-refractivity contribution in [3.8, 4) is 0 Å². The van der Waals surface area contributed by atoms with Crippen molar-refractivity contribution in [1.29, 1.82) is 0 Å². The van der Waals surface area contributed by atoms with Gasteiger partial charge in [-0.25, -0.2) is 17.9 Å². The first-order valence-electron chi connectivity index (χ1n) is 6.58. The molecule has 0 saturated heterocycles. The normalized spacial score (nSPS) is 11.5. The van der Waals surface area contributed by atoms with Gasteiger partial charge in [-0.05, 0) is 24.6 Å². The predicted molar refractivity (Wildman–Crippen MR) is 78.7 cm³/mol. The van der Waals surface area contributed by atoms with Crippen LogP contribution in [0.2, 0.25) is 0 Å². The van der Waals surface area contributed by atoms with E-state index in [1.807, 2.05) is 6.92 Å². The molecule has 4 N–H and O–H groups in total. The van der Waals surface area contributed by atoms with E-state index in [0.29, 0.717) is 6.61 Å². The molecule has 118 valence electrons. The number of carboxylic acids is 1. The van der Waals surface area contributed by atoms with Gasteiger partial charge < -0.3 is 15.6 Å². The molecule has 0 spiro atoms. The zero-order chi connectivity index (χ0) is 15.9. The molecule has 1 aromatic rings. The van der Waals surface area contributed by atoms with Crippen LogP contribution in [0.15, 0.2) is 23.1 Å². The lowest BCUT2D eigenvalue weighted by molar-refractivity contribution is 0.0692. The van der Waals surface area contributed by atoms with Crippen LogP contribution < -0.4 is 10.5 Å². The predicted octanol–water partition coefficient (Wildman–Crippen LogP) is 1.06. The summed E-state index contributed by atoms with van der Waals surface area (Å²) in [5.41, 5.74) is 5.39. The Labute approximate surface area is 124 Å². The smallest absolute Gasteiger partial charge is 0.337 e. The Morgan fingerprint density at radius 3 is 2.71 bits per heavy atom. The average Bonchev–Trinajstić information content (AvgIpc) is 2.42. The Morgan fingerprint density at radius 2 is 2.10 bits per heavy atom. The van der Waals surface area contributed by atoms with Gasteiger partial charge in [-0.15, -0.1) is 0 Å². The molecule has 8 heteroatoms. The maximum Gasteiger partial charge on any atom is 0.337 e. The number of nitrogen functional groups attached to an aromatic ring is 1. The first-order chi connectivity index (χ1) is 9.88. The third-order valence-electron chi connectivity index (χ3n) is 2.71. The number of hydrogen-bond donors (Lipinski definition) is 3. The van der Waals surface area contributed by atoms with Crippen LogP contribution in [0.3, 0.4) is 0 Å². The fourth-order valence-corrected chi connectivity index (χ4v) is 2.86. The molecule has 0 radical (unpaired) electrons. The number of carbonyl (C=O) groups is 1. The molecule has 0 bridgehead atoms. The van der Waals surface area contributed by atoms with Crippen molar-refractivity contribution in [2.24, 2.45) is 0 Å². The summed E-state index contributed by atoms with van der Waals surface area (Å²) in [6, 6.07) is 3.64. The zero-order valence-electron chi connectivity index (χ0n) is 11.8. The topological polar surface area (TPSA) is 119 Å². The molecule has 0 fully saturated rings. The van der Waals surface area contributed by atoms with Gasteiger partial charge in [-0.2, -0.15) is 0 Å². The molecule has 7 nitrogen and oxygen atoms in total. The lowest BCUT2D eigenvalue weighted by atomic mass is 10.2. The number of rotatable bonds is 9. The number of aromatic carboxylic acids is 1. The van der Waals surface area contributed by atoms with E-state index in [1.165, 1.54) is 12.1 Å². The van der Waals surface area contributed by atoms with E-state index in [0.717, 1.165) is 18.9 Å². The Morgan fingerprint density at radius 1 is 1.38 bits per heavy atom. The number of benzene rings is 1. The summed E-state index contributed by atoms with van der Waals surface area (Å²) in [4.78, 5) is 10.7. The van der Waals surface area contributed by atoms with Crippen molar-refractivity contribution >= 4 is 21.7 Å². The zero-order valence-corrected chi connectivity index (χ0v) is 12.6. The van der Waals surface area contributed by atoms with Crippen molar-refractivity contribution in [2.75, 3.05) is 25.5 Å². The summed E-state index contributed by atoms with van der Waals surface area (Å²) in [6.07, 6.45) is 1.90. The van der Waals surface area contributed by atoms with Crippen LogP contribution in [0.1, 0.15) is 30.1 Å². The quantitative estimate of drug-likeness (QED) is 0.463. The Kier molecular flexibility index (Phi) is 6.60. The van der Waals surface area contributed by atoms with E-state index in [9.17, 15) is 13.2 Å². The number of carboxylic acid groups (broad SMARTS) is 1. The first kappa shape index (κ1) is 17.4. The van der Waals surface area contributed by atoms with Gasteiger partial charge in [0.1, 0.15) is 0 Å². The lowest BCUT2D eigenvalue weighted by Gasteiger charge is -2.10. The van der Waals surface area contributed by atoms with Gasteiger partial charge in [0.15, 0.2) is 0 Å². The van der Waals surface area contributed by atoms with Crippen molar-refractivity contribution in [3.05, 3.63) is 23.8 Å². The summed E-state index contributed by atoms with van der Waals surface area (Å²) in [5.74, 6) is -1.32. The van der Waals surface area contributed by atoms with Crippen molar-refractivity contribution in [1.82, 2.24) is 4.72 Å². The molecule has 0 heterocycles. The Bertz CT molecular complexity index is 586. The summed E-state index contributed by atoms with van der Waals surface area (Å²) in [5, 5.41) is 9.03. The number of unbranched alkanes of at least 4 members (excludes halogenated alkanes) is 1. The maximum absolute atomic E-state index is 12.1. The molecule has 0 atom stereocenters. The van der Waals surface area contributed by atoms with Crippen LogP contribution in [0.5, 0.6) is 0 Å². The second-order valence-electron chi connectivity index (χ2n) is 4.42. The molecule has 21 heavy (non-hydrogen) atoms. The van der Waals surface area contributed by atoms with E-state index in [4.69, 9.17) is 15.6 Å². The summed E-state index contributed by atoms with van der Waals surface area (Å²) < 4.78 is 31.8. The van der Waals surface area contributed by atoms with Crippen molar-refractivity contribution < 1.29 is 23.1 Å². The number of hydrogen-bond acceptors (Lipinski definition) is 5. The van der Waals surface area contributed by atoms with Crippen molar-refractivity contribution in [2.45, 2.75) is 24.7 Å². The molecule has 0 aliphatic rings. The minimum absolute atomic E-state index is 0.0694. The van der Waals surface area contributed by atoms with Gasteiger partial charge in [0, 0.05) is 18.8 Å². The molecule has 0 saturated carbocycles. The molecule has 0 unspecified atom stereocenters. The monoisotopic (exact) mass is 316 g/mol. The van der Waals surface area contributed by atoms with Gasteiger partial charge >= 0.3 is 5.97 Å². The van der Waals surface area contributed by atoms with Crippen LogP contribution in [-0.2, 0) is 14.8 Å². The summed E-state index contributed by atoms with van der Waals surface area (Å²) >= 11 is 0. The largest absolute Gasteiger partial charge is 0.478 e. The highest BCUT2D eigenvalue weighted by molar-refractivity contribution is 7.89. The van der Waals surface area contributed by atoms with E-state index in [1.54, 1.807) is 0 Å². The molecule has 1 rings (SSSR count). The molecule has 0 aliphatic carbocycles. The number of anilines is 1. The maximum atomic E-state index is 12.1. The third kappa shape index (κ3) is 5.33. The standard InChI is InChI=1S/C13H20N2O5S/c1-2-3-7-20-8-6-15-21(18,19)12-9-10(14)4-5-11(12)13(16)17/h4-5,9,15H,2-3,6-8,14H2,1H3,(H,16,17). The van der Waals surface area contributed by atoms with Crippen LogP contribution in [-0.4, -0.2) is 39.3 Å². The van der Waals surface area contributed by atoms with E-state index < -0.39 is 16.0 Å². The fourth-order valence-electron chi connectivity index (χ4n) is 1.61. The van der Waals surface area contributed by atoms with Crippen LogP contribution in [0, 0.1) is 0 Å². The van der Waals surface area contributed by atoms with Crippen LogP contribution >= 0.6 is 0 Å². The number of ether oxygens (including phenoxy) is 1. The summed E-state index contributed by atoms with van der Waals surface area (Å²) in [7, 11) is -3.94. The number of nitrogens with one attached hydrogen (secondary N) is 1. The van der Waals surface area contributed by atoms with E-state index >= 15 is 0 Å². The first-order valence-corrected chi connectivity index (χ1v) is 8.07. The molecule has 1 aromatic carbocycles. The van der Waals surface area contributed by atoms with Crippen LogP contribution in [0.25, 0.3) is 0 Å². The van der Waals surface area contributed by atoms with Gasteiger partial charge in [-0.1, -0.05) is 13.3 Å². The van der Waals surface area contributed by atoms with Gasteiger partial charge in [0.25, 0.3) is 0 Å². The SMILES string of the molecule is CCCCOCCNS(=O)(=O)c1cc(N)ccc1C(=O)O. The highest BCUT2D eigenvalue weighted by Gasteiger charge is 2.22. The van der Waals surface area contributed by atoms with Gasteiger partial charge in [-0.3, -0.25) is 0 Å². The molecular formula is C13H20N2O5S. The number of nitrogens with two attached hydrogens (primary N) is 1. The van der Waals surface area contributed by atoms with Gasteiger partial charge in [0.2, 0.25) is 10.0 Å². The number of sulfonamides is 1. The molecule has 0 amide bonds. The van der Waals surface area contributed by atoms with Gasteiger partial charge in [0.05, 0.1) is 17.1 Å². The van der Waals surface area contributed by atoms with Crippen LogP contribution in [0.4, 0.5) is 5.69 Å². The fraction of sp³-hybridized carbons (Fsp3) is 0.462. The lowest BCUT2D eigenvalue weighted by Crippen LogP contribution is -2.29. The molecule has 0 aromatic heterocycles. The molecular weight excluding hydrogens is 296 g/mol. The highest BCUT2D eigenvalue weighted by Crippen LogP contribution is 2.19. The van der Waals surface area contributed by atoms with Crippen molar-refractivity contribution in [3.63, 3.8) is 0 Å². The van der Waals surface area contributed by atoms with E-state index in [2.05, 4.69) is 4.72 Å². The third-order valence-corrected chi connectivity index (χ3v) is 4.21. The average molecular weight is 316 g/mol. The second-order valence-corrected chi connectivity index (χ2v) is 6.16. The summed E-state index contributed by atoms with van der Waals surface area (Å²) in [6.45, 7) is 2.89. The van der Waals surface area contributed by atoms with E-state index in [-0.39, 0.29) is 29.3 Å². The minimum atomic E-state index is -3.94. The molecule has 0 aliphatic heterocycles. The Hall–Kier alpha value is -1.64. The minimum Gasteiger partial charge on any atom is -0.478 e. The highest BCUT2D eigenvalue weighted by atomic mass is 32.2.